The summed E-state index contributed by atoms with van der Waals surface area (Å²) in [5.74, 6) is 0.579. The zero-order valence-electron chi connectivity index (χ0n) is 17.4. The summed E-state index contributed by atoms with van der Waals surface area (Å²) < 4.78 is 26.8. The Balaban J connectivity index is 1.74. The number of nitrogens with one attached hydrogen (secondary N) is 1. The Kier molecular flexibility index (Phi) is 6.50. The van der Waals surface area contributed by atoms with E-state index in [4.69, 9.17) is 0 Å². The Morgan fingerprint density at radius 1 is 1.25 bits per heavy atom. The van der Waals surface area contributed by atoms with Crippen LogP contribution in [0.2, 0.25) is 0 Å². The molecule has 1 aliphatic heterocycles. The average molecular weight is 407 g/mol. The maximum Gasteiger partial charge on any atom is 0.220 e. The molecule has 1 aliphatic carbocycles. The van der Waals surface area contributed by atoms with E-state index in [0.717, 1.165) is 32.1 Å². The van der Waals surface area contributed by atoms with Gasteiger partial charge in [-0.05, 0) is 62.0 Å². The largest absolute Gasteiger partial charge is 0.354 e. The van der Waals surface area contributed by atoms with Gasteiger partial charge in [-0.2, -0.15) is 0 Å². The Morgan fingerprint density at radius 3 is 2.57 bits per heavy atom. The molecule has 1 spiro atoms. The summed E-state index contributed by atoms with van der Waals surface area (Å²) in [5, 5.41) is 3.01. The number of unbranched alkanes of at least 4 members (excludes halogenated alkanes) is 1. The topological polar surface area (TPSA) is 66.5 Å². The molecule has 1 fully saturated rings. The fourth-order valence-electron chi connectivity index (χ4n) is 4.94. The molecule has 1 atom stereocenters. The average Bonchev–Trinajstić information content (AvgIpc) is 2.93. The van der Waals surface area contributed by atoms with Gasteiger partial charge < -0.3 is 5.32 Å². The molecule has 28 heavy (non-hydrogen) atoms. The van der Waals surface area contributed by atoms with Gasteiger partial charge in [0.1, 0.15) is 0 Å². The third-order valence-corrected chi connectivity index (χ3v) is 8.28. The van der Waals surface area contributed by atoms with Crippen molar-refractivity contribution in [1.29, 1.82) is 0 Å². The van der Waals surface area contributed by atoms with Crippen molar-refractivity contribution in [2.75, 3.05) is 18.8 Å². The highest BCUT2D eigenvalue weighted by Gasteiger charge is 2.46. The highest BCUT2D eigenvalue weighted by Crippen LogP contribution is 2.52. The molecule has 1 aromatic carbocycles. The van der Waals surface area contributed by atoms with Crippen molar-refractivity contribution in [2.24, 2.45) is 0 Å². The summed E-state index contributed by atoms with van der Waals surface area (Å²) in [6, 6.07) is 8.62. The summed E-state index contributed by atoms with van der Waals surface area (Å²) in [4.78, 5) is 12.4. The van der Waals surface area contributed by atoms with E-state index in [-0.39, 0.29) is 29.0 Å². The molecular weight excluding hydrogens is 372 g/mol. The van der Waals surface area contributed by atoms with Crippen LogP contribution in [0.1, 0.15) is 76.3 Å². The zero-order chi connectivity index (χ0) is 20.4. The van der Waals surface area contributed by atoms with Crippen LogP contribution in [0.4, 0.5) is 0 Å². The molecule has 0 aromatic heterocycles. The molecule has 0 saturated carbocycles. The SMILES string of the molecule is CCCCS(=O)(=O)N1CCC2(CC1)CC(CC(=O)NC(C)C)c1ccccc12. The number of hydrogen-bond acceptors (Lipinski definition) is 3. The maximum atomic E-state index is 12.6. The molecule has 3 rings (SSSR count). The molecule has 5 nitrogen and oxygen atoms in total. The first-order valence-electron chi connectivity index (χ1n) is 10.6. The van der Waals surface area contributed by atoms with Crippen LogP contribution in [0.5, 0.6) is 0 Å². The van der Waals surface area contributed by atoms with Crippen LogP contribution in [0, 0.1) is 0 Å². The quantitative estimate of drug-likeness (QED) is 0.753. The van der Waals surface area contributed by atoms with Crippen LogP contribution in [0.3, 0.4) is 0 Å². The lowest BCUT2D eigenvalue weighted by molar-refractivity contribution is -0.122. The second-order valence-corrected chi connectivity index (χ2v) is 10.9. The molecule has 0 bridgehead atoms. The van der Waals surface area contributed by atoms with E-state index in [0.29, 0.717) is 19.5 Å². The molecule has 1 unspecified atom stereocenters. The monoisotopic (exact) mass is 406 g/mol. The molecule has 1 amide bonds. The van der Waals surface area contributed by atoms with Crippen molar-refractivity contribution in [3.8, 4) is 0 Å². The third-order valence-electron chi connectivity index (χ3n) is 6.32. The predicted octanol–water partition coefficient (Wildman–Crippen LogP) is 3.55. The van der Waals surface area contributed by atoms with Gasteiger partial charge in [0.15, 0.2) is 0 Å². The lowest BCUT2D eigenvalue weighted by atomic mass is 9.73. The van der Waals surface area contributed by atoms with Gasteiger partial charge in [-0.3, -0.25) is 4.79 Å². The number of amides is 1. The summed E-state index contributed by atoms with van der Waals surface area (Å²) in [6.07, 6.45) is 4.76. The first-order chi connectivity index (χ1) is 13.3. The fourth-order valence-corrected chi connectivity index (χ4v) is 6.59. The second-order valence-electron chi connectivity index (χ2n) is 8.76. The standard InChI is InChI=1S/C22H34N2O3S/c1-4-5-14-28(26,27)24-12-10-22(11-13-24)16-18(15-21(25)23-17(2)3)19-8-6-7-9-20(19)22/h6-9,17-18H,4-5,10-16H2,1-3H3,(H,23,25). The molecule has 1 heterocycles. The van der Waals surface area contributed by atoms with E-state index in [2.05, 4.69) is 29.6 Å². The number of carbonyl (C=O) groups is 1. The van der Waals surface area contributed by atoms with E-state index >= 15 is 0 Å². The number of nitrogens with zero attached hydrogens (tertiary/aromatic N) is 1. The van der Waals surface area contributed by atoms with Crippen molar-refractivity contribution in [1.82, 2.24) is 9.62 Å². The van der Waals surface area contributed by atoms with Gasteiger partial charge in [0.2, 0.25) is 15.9 Å². The summed E-state index contributed by atoms with van der Waals surface area (Å²) in [7, 11) is -3.15. The molecule has 0 radical (unpaired) electrons. The van der Waals surface area contributed by atoms with Gasteiger partial charge in [0.25, 0.3) is 0 Å². The van der Waals surface area contributed by atoms with E-state index in [1.165, 1.54) is 11.1 Å². The number of benzene rings is 1. The number of hydrogen-bond donors (Lipinski definition) is 1. The summed E-state index contributed by atoms with van der Waals surface area (Å²) in [6.45, 7) is 7.16. The van der Waals surface area contributed by atoms with E-state index < -0.39 is 10.0 Å². The van der Waals surface area contributed by atoms with Crippen LogP contribution in [-0.4, -0.2) is 43.5 Å². The highest BCUT2D eigenvalue weighted by molar-refractivity contribution is 7.89. The molecule has 1 N–H and O–H groups in total. The Morgan fingerprint density at radius 2 is 1.93 bits per heavy atom. The van der Waals surface area contributed by atoms with Gasteiger partial charge in [-0.25, -0.2) is 12.7 Å². The van der Waals surface area contributed by atoms with Crippen LogP contribution < -0.4 is 5.32 Å². The van der Waals surface area contributed by atoms with Crippen LogP contribution in [0.25, 0.3) is 0 Å². The summed E-state index contributed by atoms with van der Waals surface area (Å²) >= 11 is 0. The first kappa shape index (κ1) is 21.3. The Bertz CT molecular complexity index is 796. The van der Waals surface area contributed by atoms with Gasteiger partial charge in [0, 0.05) is 25.6 Å². The van der Waals surface area contributed by atoms with Crippen LogP contribution >= 0.6 is 0 Å². The van der Waals surface area contributed by atoms with Crippen molar-refractivity contribution in [3.05, 3.63) is 35.4 Å². The zero-order valence-corrected chi connectivity index (χ0v) is 18.2. The molecule has 1 saturated heterocycles. The number of fused-ring (bicyclic) bond motifs is 2. The normalized spacial score (nSPS) is 21.8. The maximum absolute atomic E-state index is 12.6. The minimum Gasteiger partial charge on any atom is -0.354 e. The smallest absolute Gasteiger partial charge is 0.220 e. The molecule has 1 aromatic rings. The van der Waals surface area contributed by atoms with Gasteiger partial charge in [-0.1, -0.05) is 37.6 Å². The fraction of sp³-hybridized carbons (Fsp3) is 0.682. The van der Waals surface area contributed by atoms with Crippen molar-refractivity contribution in [3.63, 3.8) is 0 Å². The Labute approximate surface area is 169 Å². The molecule has 2 aliphatic rings. The number of rotatable bonds is 7. The van der Waals surface area contributed by atoms with E-state index in [9.17, 15) is 13.2 Å². The van der Waals surface area contributed by atoms with E-state index in [1.54, 1.807) is 4.31 Å². The second kappa shape index (κ2) is 8.54. The third kappa shape index (κ3) is 4.43. The van der Waals surface area contributed by atoms with Gasteiger partial charge in [0.05, 0.1) is 5.75 Å². The number of piperidine rings is 1. The molecule has 156 valence electrons. The lowest BCUT2D eigenvalue weighted by Gasteiger charge is -2.39. The van der Waals surface area contributed by atoms with Crippen LogP contribution in [0.15, 0.2) is 24.3 Å². The summed E-state index contributed by atoms with van der Waals surface area (Å²) in [5.41, 5.74) is 2.63. The van der Waals surface area contributed by atoms with E-state index in [1.807, 2.05) is 20.8 Å². The predicted molar refractivity (Wildman–Crippen MR) is 113 cm³/mol. The minimum absolute atomic E-state index is 0.0101. The number of sulfonamides is 1. The Hall–Kier alpha value is -1.40. The molecular formula is C22H34N2O3S. The molecule has 6 heteroatoms. The lowest BCUT2D eigenvalue weighted by Crippen LogP contribution is -2.45. The van der Waals surface area contributed by atoms with Gasteiger partial charge >= 0.3 is 0 Å². The van der Waals surface area contributed by atoms with Crippen molar-refractivity contribution in [2.45, 2.75) is 76.7 Å². The number of carbonyl (C=O) groups excluding carboxylic acids is 1. The highest BCUT2D eigenvalue weighted by atomic mass is 32.2. The van der Waals surface area contributed by atoms with Crippen molar-refractivity contribution >= 4 is 15.9 Å². The van der Waals surface area contributed by atoms with Crippen molar-refractivity contribution < 1.29 is 13.2 Å². The minimum atomic E-state index is -3.15. The first-order valence-corrected chi connectivity index (χ1v) is 12.2. The van der Waals surface area contributed by atoms with Crippen LogP contribution in [-0.2, 0) is 20.2 Å². The van der Waals surface area contributed by atoms with Gasteiger partial charge in [-0.15, -0.1) is 0 Å².